The maximum atomic E-state index is 11.8. The van der Waals surface area contributed by atoms with Crippen LogP contribution in [0.15, 0.2) is 18.2 Å². The van der Waals surface area contributed by atoms with Crippen LogP contribution in [0.4, 0.5) is 5.69 Å². The van der Waals surface area contributed by atoms with E-state index in [1.807, 2.05) is 20.8 Å². The molecule has 17 heavy (non-hydrogen) atoms. The Morgan fingerprint density at radius 3 is 2.41 bits per heavy atom. The monoisotopic (exact) mass is 256 g/mol. The predicted octanol–water partition coefficient (Wildman–Crippen LogP) is 2.78. The van der Waals surface area contributed by atoms with Crippen LogP contribution in [0.3, 0.4) is 0 Å². The molecule has 0 saturated heterocycles. The van der Waals surface area contributed by atoms with Gasteiger partial charge in [0.05, 0.1) is 15.5 Å². The number of benzene rings is 1. The summed E-state index contributed by atoms with van der Waals surface area (Å²) in [5.74, 6) is -0.350. The molecule has 0 saturated carbocycles. The fourth-order valence-electron chi connectivity index (χ4n) is 1.21. The number of carbonyl (C=O) groups excluding carboxylic acids is 1. The van der Waals surface area contributed by atoms with Crippen molar-refractivity contribution >= 4 is 23.2 Å². The molecule has 0 fully saturated rings. The van der Waals surface area contributed by atoms with E-state index in [4.69, 9.17) is 11.6 Å². The maximum absolute atomic E-state index is 11.8. The number of non-ortho nitro benzene ring substituents is 1. The molecule has 0 unspecified atom stereocenters. The zero-order valence-electron chi connectivity index (χ0n) is 9.78. The standard InChI is InChI=1S/C11H13ClN2O3/c1-11(2,3)13-10(15)8-5-4-7(14(16)17)6-9(8)12/h4-6H,1-3H3,(H,13,15). The lowest BCUT2D eigenvalue weighted by Gasteiger charge is -2.20. The Labute approximate surface area is 104 Å². The SMILES string of the molecule is CC(C)(C)NC(=O)c1ccc([N+](=O)[O-])cc1Cl. The molecular weight excluding hydrogens is 244 g/mol. The Morgan fingerprint density at radius 1 is 1.41 bits per heavy atom. The van der Waals surface area contributed by atoms with Crippen LogP contribution < -0.4 is 5.32 Å². The van der Waals surface area contributed by atoms with Crippen LogP contribution in [0, 0.1) is 10.1 Å². The molecule has 0 aliphatic carbocycles. The summed E-state index contributed by atoms with van der Waals surface area (Å²) < 4.78 is 0. The Balaban J connectivity index is 3.00. The smallest absolute Gasteiger partial charge is 0.270 e. The minimum Gasteiger partial charge on any atom is -0.347 e. The Hall–Kier alpha value is -1.62. The van der Waals surface area contributed by atoms with Crippen LogP contribution in [0.25, 0.3) is 0 Å². The van der Waals surface area contributed by atoms with Crippen LogP contribution in [-0.2, 0) is 0 Å². The van der Waals surface area contributed by atoms with Gasteiger partial charge in [-0.1, -0.05) is 11.6 Å². The van der Waals surface area contributed by atoms with Crippen molar-refractivity contribution in [1.82, 2.24) is 5.32 Å². The number of amides is 1. The number of hydrogen-bond donors (Lipinski definition) is 1. The molecule has 0 aliphatic heterocycles. The van der Waals surface area contributed by atoms with E-state index in [1.165, 1.54) is 18.2 Å². The zero-order chi connectivity index (χ0) is 13.2. The number of rotatable bonds is 2. The van der Waals surface area contributed by atoms with Crippen LogP contribution in [-0.4, -0.2) is 16.4 Å². The van der Waals surface area contributed by atoms with E-state index < -0.39 is 4.92 Å². The summed E-state index contributed by atoms with van der Waals surface area (Å²) >= 11 is 5.83. The minimum atomic E-state index is -0.558. The molecule has 1 aromatic carbocycles. The van der Waals surface area contributed by atoms with Gasteiger partial charge in [0.2, 0.25) is 0 Å². The van der Waals surface area contributed by atoms with Crippen molar-refractivity contribution in [3.8, 4) is 0 Å². The molecule has 0 aromatic heterocycles. The molecule has 1 N–H and O–H groups in total. The number of carbonyl (C=O) groups is 1. The molecule has 92 valence electrons. The van der Waals surface area contributed by atoms with Crippen molar-refractivity contribution in [2.75, 3.05) is 0 Å². The molecule has 0 heterocycles. The summed E-state index contributed by atoms with van der Waals surface area (Å²) in [6.07, 6.45) is 0. The lowest BCUT2D eigenvalue weighted by Crippen LogP contribution is -2.40. The van der Waals surface area contributed by atoms with Gasteiger partial charge < -0.3 is 5.32 Å². The third-order valence-corrected chi connectivity index (χ3v) is 2.21. The van der Waals surface area contributed by atoms with E-state index in [2.05, 4.69) is 5.32 Å². The lowest BCUT2D eigenvalue weighted by atomic mass is 10.1. The quantitative estimate of drug-likeness (QED) is 0.653. The van der Waals surface area contributed by atoms with Crippen LogP contribution in [0.2, 0.25) is 5.02 Å². The number of nitro groups is 1. The first kappa shape index (κ1) is 13.4. The normalized spacial score (nSPS) is 11.1. The van der Waals surface area contributed by atoms with Crippen LogP contribution in [0.5, 0.6) is 0 Å². The molecule has 1 aromatic rings. The van der Waals surface area contributed by atoms with Crippen molar-refractivity contribution in [3.05, 3.63) is 38.9 Å². The average Bonchev–Trinajstić information content (AvgIpc) is 2.14. The van der Waals surface area contributed by atoms with E-state index in [9.17, 15) is 14.9 Å². The molecule has 0 bridgehead atoms. The highest BCUT2D eigenvalue weighted by Crippen LogP contribution is 2.22. The molecule has 0 atom stereocenters. The van der Waals surface area contributed by atoms with Crippen molar-refractivity contribution in [3.63, 3.8) is 0 Å². The second-order valence-electron chi connectivity index (χ2n) is 4.63. The first-order chi connectivity index (χ1) is 7.70. The van der Waals surface area contributed by atoms with Gasteiger partial charge in [-0.05, 0) is 26.8 Å². The Kier molecular flexibility index (Phi) is 3.72. The number of halogens is 1. The summed E-state index contributed by atoms with van der Waals surface area (Å²) in [5, 5.41) is 13.3. The van der Waals surface area contributed by atoms with E-state index in [-0.39, 0.29) is 27.7 Å². The minimum absolute atomic E-state index is 0.0703. The fourth-order valence-corrected chi connectivity index (χ4v) is 1.47. The second kappa shape index (κ2) is 4.71. The maximum Gasteiger partial charge on any atom is 0.270 e. The molecule has 5 nitrogen and oxygen atoms in total. The zero-order valence-corrected chi connectivity index (χ0v) is 10.5. The van der Waals surface area contributed by atoms with Gasteiger partial charge in [-0.25, -0.2) is 0 Å². The van der Waals surface area contributed by atoms with Crippen molar-refractivity contribution in [2.45, 2.75) is 26.3 Å². The van der Waals surface area contributed by atoms with E-state index >= 15 is 0 Å². The van der Waals surface area contributed by atoms with Gasteiger partial charge >= 0.3 is 0 Å². The fraction of sp³-hybridized carbons (Fsp3) is 0.364. The van der Waals surface area contributed by atoms with Gasteiger partial charge in [-0.15, -0.1) is 0 Å². The first-order valence-corrected chi connectivity index (χ1v) is 5.35. The Bertz CT molecular complexity index is 466. The van der Waals surface area contributed by atoms with Crippen LogP contribution in [0.1, 0.15) is 31.1 Å². The van der Waals surface area contributed by atoms with Gasteiger partial charge in [-0.3, -0.25) is 14.9 Å². The molecule has 1 amide bonds. The van der Waals surface area contributed by atoms with Gasteiger partial charge in [0.15, 0.2) is 0 Å². The number of nitrogens with one attached hydrogen (secondary N) is 1. The number of hydrogen-bond acceptors (Lipinski definition) is 3. The third kappa shape index (κ3) is 3.71. The van der Waals surface area contributed by atoms with Crippen molar-refractivity contribution in [1.29, 1.82) is 0 Å². The summed E-state index contributed by atoms with van der Waals surface area (Å²) in [5.41, 5.74) is -0.295. The average molecular weight is 257 g/mol. The number of nitro benzene ring substituents is 1. The van der Waals surface area contributed by atoms with Crippen LogP contribution >= 0.6 is 11.6 Å². The van der Waals surface area contributed by atoms with E-state index in [0.29, 0.717) is 0 Å². The highest BCUT2D eigenvalue weighted by Gasteiger charge is 2.19. The van der Waals surface area contributed by atoms with Gasteiger partial charge in [0.25, 0.3) is 11.6 Å². The summed E-state index contributed by atoms with van der Waals surface area (Å²) in [4.78, 5) is 21.7. The summed E-state index contributed by atoms with van der Waals surface area (Å²) in [6, 6.07) is 3.77. The van der Waals surface area contributed by atoms with Gasteiger partial charge in [0, 0.05) is 17.7 Å². The van der Waals surface area contributed by atoms with E-state index in [1.54, 1.807) is 0 Å². The van der Waals surface area contributed by atoms with Crippen molar-refractivity contribution < 1.29 is 9.72 Å². The third-order valence-electron chi connectivity index (χ3n) is 1.90. The molecule has 0 spiro atoms. The molecule has 6 heteroatoms. The molecule has 0 aliphatic rings. The molecular formula is C11H13ClN2O3. The summed E-state index contributed by atoms with van der Waals surface area (Å²) in [6.45, 7) is 5.51. The molecule has 0 radical (unpaired) electrons. The highest BCUT2D eigenvalue weighted by atomic mass is 35.5. The molecule has 1 rings (SSSR count). The Morgan fingerprint density at radius 2 is 2.00 bits per heavy atom. The lowest BCUT2D eigenvalue weighted by molar-refractivity contribution is -0.384. The summed E-state index contributed by atoms with van der Waals surface area (Å²) in [7, 11) is 0. The topological polar surface area (TPSA) is 72.2 Å². The van der Waals surface area contributed by atoms with E-state index in [0.717, 1.165) is 0 Å². The van der Waals surface area contributed by atoms with Gasteiger partial charge in [-0.2, -0.15) is 0 Å². The largest absolute Gasteiger partial charge is 0.347 e. The first-order valence-electron chi connectivity index (χ1n) is 4.97. The van der Waals surface area contributed by atoms with Crippen molar-refractivity contribution in [2.24, 2.45) is 0 Å². The van der Waals surface area contributed by atoms with Gasteiger partial charge in [0.1, 0.15) is 0 Å². The second-order valence-corrected chi connectivity index (χ2v) is 5.03. The highest BCUT2D eigenvalue weighted by molar-refractivity contribution is 6.34. The predicted molar refractivity (Wildman–Crippen MR) is 65.3 cm³/mol. The number of nitrogens with zero attached hydrogens (tertiary/aromatic N) is 1.